The number of hydroxylamine groups is 2. The van der Waals surface area contributed by atoms with Gasteiger partial charge in [-0.15, -0.1) is 0 Å². The van der Waals surface area contributed by atoms with Crippen molar-refractivity contribution >= 4 is 11.8 Å². The van der Waals surface area contributed by atoms with Crippen molar-refractivity contribution in [3.8, 4) is 0 Å². The third-order valence-electron chi connectivity index (χ3n) is 3.57. The molecule has 0 aromatic rings. The molecule has 8 heteroatoms. The number of rotatable bonds is 15. The first-order valence-corrected chi connectivity index (χ1v) is 9.02. The Morgan fingerprint density at radius 1 is 1.00 bits per heavy atom. The van der Waals surface area contributed by atoms with E-state index in [1.807, 2.05) is 0 Å². The molecule has 0 rings (SSSR count). The molecular formula is C17H33N3O5. The summed E-state index contributed by atoms with van der Waals surface area (Å²) in [6, 6.07) is 0. The number of carbonyl (C=O) groups is 2. The zero-order valence-electron chi connectivity index (χ0n) is 15.2. The average molecular weight is 359 g/mol. The molecule has 0 bridgehead atoms. The topological polar surface area (TPSA) is 115 Å². The van der Waals surface area contributed by atoms with Crippen LogP contribution in [-0.2, 0) is 14.3 Å². The van der Waals surface area contributed by atoms with Crippen LogP contribution in [0.4, 0.5) is 0 Å². The fourth-order valence-electron chi connectivity index (χ4n) is 2.17. The number of amides is 2. The summed E-state index contributed by atoms with van der Waals surface area (Å²) in [6.45, 7) is 0.845. The van der Waals surface area contributed by atoms with Gasteiger partial charge in [0.05, 0.1) is 6.61 Å². The minimum atomic E-state index is -0.916. The summed E-state index contributed by atoms with van der Waals surface area (Å²) in [5, 5.41) is 22.6. The Morgan fingerprint density at radius 3 is 2.24 bits per heavy atom. The molecule has 0 aromatic carbocycles. The van der Waals surface area contributed by atoms with E-state index in [9.17, 15) is 14.8 Å². The van der Waals surface area contributed by atoms with Crippen LogP contribution in [-0.4, -0.2) is 44.0 Å². The van der Waals surface area contributed by atoms with Gasteiger partial charge in [-0.3, -0.25) is 9.59 Å². The molecule has 0 aliphatic rings. The van der Waals surface area contributed by atoms with E-state index in [1.54, 1.807) is 0 Å². The molecular weight excluding hydrogens is 326 g/mol. The van der Waals surface area contributed by atoms with Gasteiger partial charge in [-0.1, -0.05) is 31.4 Å². The van der Waals surface area contributed by atoms with Crippen molar-refractivity contribution in [3.63, 3.8) is 0 Å². The molecule has 0 saturated carbocycles. The normalized spacial score (nSPS) is 12.3. The van der Waals surface area contributed by atoms with Gasteiger partial charge in [-0.05, 0) is 38.5 Å². The standard InChI is InChI=1S/C17H33N3O5/c1-18-16(21)17(22)19-13-11-9-7-5-3-2-4-6-8-10-12-14-25-15-20(23)24/h3,5,20,23H,2,4,6-15H2,1H3,(H,18,21)(H,19,22)/b5-3-. The van der Waals surface area contributed by atoms with Crippen LogP contribution >= 0.6 is 0 Å². The van der Waals surface area contributed by atoms with Gasteiger partial charge >= 0.3 is 11.8 Å². The van der Waals surface area contributed by atoms with E-state index in [0.717, 1.165) is 51.4 Å². The van der Waals surface area contributed by atoms with Crippen molar-refractivity contribution in [2.75, 3.05) is 26.9 Å². The zero-order chi connectivity index (χ0) is 18.8. The minimum absolute atomic E-state index is 0.203. The smallest absolute Gasteiger partial charge is 0.309 e. The molecule has 4 N–H and O–H groups in total. The Balaban J connectivity index is 3.23. The molecule has 0 heterocycles. The predicted molar refractivity (Wildman–Crippen MR) is 94.7 cm³/mol. The Hall–Kier alpha value is -1.48. The number of carbonyl (C=O) groups excluding carboxylic acids is 2. The van der Waals surface area contributed by atoms with Crippen LogP contribution < -0.4 is 15.9 Å². The Bertz CT molecular complexity index is 375. The van der Waals surface area contributed by atoms with Crippen LogP contribution in [0, 0.1) is 5.21 Å². The molecule has 8 nitrogen and oxygen atoms in total. The van der Waals surface area contributed by atoms with Crippen LogP contribution in [0.5, 0.6) is 0 Å². The highest BCUT2D eigenvalue weighted by atomic mass is 16.8. The van der Waals surface area contributed by atoms with Crippen molar-refractivity contribution in [1.29, 1.82) is 0 Å². The quantitative estimate of drug-likeness (QED) is 0.113. The molecule has 25 heavy (non-hydrogen) atoms. The maximum Gasteiger partial charge on any atom is 0.309 e. The molecule has 0 aliphatic carbocycles. The van der Waals surface area contributed by atoms with Crippen LogP contribution in [0.1, 0.15) is 57.8 Å². The monoisotopic (exact) mass is 359 g/mol. The Morgan fingerprint density at radius 2 is 1.60 bits per heavy atom. The molecule has 0 radical (unpaired) electrons. The molecule has 2 amide bonds. The summed E-state index contributed by atoms with van der Waals surface area (Å²) in [5.74, 6) is -1.18. The van der Waals surface area contributed by atoms with Crippen molar-refractivity contribution in [3.05, 3.63) is 17.4 Å². The number of unbranched alkanes of at least 4 members (excludes halogenated alkanes) is 7. The lowest BCUT2D eigenvalue weighted by Crippen LogP contribution is -3.04. The molecule has 1 atom stereocenters. The van der Waals surface area contributed by atoms with Crippen molar-refractivity contribution in [1.82, 2.24) is 10.6 Å². The van der Waals surface area contributed by atoms with Gasteiger partial charge in [-0.25, -0.2) is 10.4 Å². The van der Waals surface area contributed by atoms with E-state index in [1.165, 1.54) is 13.5 Å². The van der Waals surface area contributed by atoms with Crippen LogP contribution in [0.3, 0.4) is 0 Å². The maximum atomic E-state index is 11.2. The predicted octanol–water partition coefficient (Wildman–Crippen LogP) is 0.662. The second kappa shape index (κ2) is 17.3. The molecule has 0 aromatic heterocycles. The largest absolute Gasteiger partial charge is 0.598 e. The van der Waals surface area contributed by atoms with Crippen LogP contribution in [0.2, 0.25) is 0 Å². The summed E-state index contributed by atoms with van der Waals surface area (Å²) < 4.78 is 4.97. The van der Waals surface area contributed by atoms with Gasteiger partial charge in [0.2, 0.25) is 6.73 Å². The fourth-order valence-corrected chi connectivity index (χ4v) is 2.17. The number of hydrogen-bond donors (Lipinski definition) is 4. The van der Waals surface area contributed by atoms with E-state index in [4.69, 9.17) is 9.94 Å². The first-order valence-electron chi connectivity index (χ1n) is 9.02. The highest BCUT2D eigenvalue weighted by molar-refractivity contribution is 6.34. The second-order valence-electron chi connectivity index (χ2n) is 5.80. The molecule has 0 saturated heterocycles. The Labute approximate surface area is 150 Å². The number of allylic oxidation sites excluding steroid dienone is 2. The van der Waals surface area contributed by atoms with Crippen LogP contribution in [0.25, 0.3) is 0 Å². The number of ether oxygens (including phenoxy) is 1. The van der Waals surface area contributed by atoms with Gasteiger partial charge in [0.25, 0.3) is 0 Å². The average Bonchev–Trinajstić information content (AvgIpc) is 2.60. The lowest BCUT2D eigenvalue weighted by atomic mass is 10.1. The SMILES string of the molecule is CNC(=O)C(=O)NCCCC/C=C\CCCCCCCOC[NH+]([O-])O. The molecule has 1 unspecified atom stereocenters. The summed E-state index contributed by atoms with van der Waals surface area (Å²) in [5.41, 5.74) is 0. The first-order chi connectivity index (χ1) is 12.1. The lowest BCUT2D eigenvalue weighted by Gasteiger charge is -2.11. The van der Waals surface area contributed by atoms with E-state index in [-0.39, 0.29) is 6.73 Å². The van der Waals surface area contributed by atoms with Crippen molar-refractivity contribution in [2.45, 2.75) is 57.8 Å². The molecule has 0 spiro atoms. The van der Waals surface area contributed by atoms with E-state index in [0.29, 0.717) is 13.2 Å². The Kier molecular flexibility index (Phi) is 16.3. The van der Waals surface area contributed by atoms with Gasteiger partial charge in [0.1, 0.15) is 0 Å². The number of hydrogen-bond acceptors (Lipinski definition) is 5. The van der Waals surface area contributed by atoms with Gasteiger partial charge in [0.15, 0.2) is 0 Å². The van der Waals surface area contributed by atoms with Crippen LogP contribution in [0.15, 0.2) is 12.2 Å². The number of likely N-dealkylation sites (N-methyl/N-ethyl adjacent to an activating group) is 1. The van der Waals surface area contributed by atoms with E-state index < -0.39 is 17.0 Å². The maximum absolute atomic E-state index is 11.2. The highest BCUT2D eigenvalue weighted by Crippen LogP contribution is 2.06. The van der Waals surface area contributed by atoms with Gasteiger partial charge < -0.3 is 20.6 Å². The summed E-state index contributed by atoms with van der Waals surface area (Å²) >= 11 is 0. The molecule has 0 aliphatic heterocycles. The third kappa shape index (κ3) is 17.1. The lowest BCUT2D eigenvalue weighted by molar-refractivity contribution is -1.06. The van der Waals surface area contributed by atoms with E-state index >= 15 is 0 Å². The third-order valence-corrected chi connectivity index (χ3v) is 3.57. The number of quaternary nitrogens is 1. The highest BCUT2D eigenvalue weighted by Gasteiger charge is 2.08. The first kappa shape index (κ1) is 23.5. The number of nitrogens with one attached hydrogen (secondary N) is 3. The van der Waals surface area contributed by atoms with Gasteiger partial charge in [-0.2, -0.15) is 0 Å². The van der Waals surface area contributed by atoms with Crippen molar-refractivity contribution < 1.29 is 24.8 Å². The van der Waals surface area contributed by atoms with Crippen molar-refractivity contribution in [2.24, 2.45) is 0 Å². The van der Waals surface area contributed by atoms with E-state index in [2.05, 4.69) is 22.8 Å². The second-order valence-corrected chi connectivity index (χ2v) is 5.80. The molecule has 0 fully saturated rings. The zero-order valence-corrected chi connectivity index (χ0v) is 15.2. The fraction of sp³-hybridized carbons (Fsp3) is 0.765. The summed E-state index contributed by atoms with van der Waals surface area (Å²) in [4.78, 5) is 22.1. The van der Waals surface area contributed by atoms with Gasteiger partial charge in [0, 0.05) is 13.6 Å². The summed E-state index contributed by atoms with van der Waals surface area (Å²) in [7, 11) is 1.43. The minimum Gasteiger partial charge on any atom is -0.598 e. The molecule has 146 valence electrons. The summed E-state index contributed by atoms with van der Waals surface area (Å²) in [6.07, 6.45) is 13.7.